The number of nitrogens with zero attached hydrogens (tertiary/aromatic N) is 1. The first kappa shape index (κ1) is 11.1. The van der Waals surface area contributed by atoms with E-state index < -0.39 is 11.7 Å². The van der Waals surface area contributed by atoms with Crippen LogP contribution in [-0.4, -0.2) is 17.5 Å². The fourth-order valence-electron chi connectivity index (χ4n) is 1.72. The maximum atomic E-state index is 6.22. The van der Waals surface area contributed by atoms with Crippen molar-refractivity contribution >= 4 is 17.2 Å². The van der Waals surface area contributed by atoms with E-state index in [0.717, 1.165) is 5.56 Å². The summed E-state index contributed by atoms with van der Waals surface area (Å²) in [5, 5.41) is 4.01. The Kier molecular flexibility index (Phi) is 2.71. The molecule has 6 heteroatoms. The second-order valence-electron chi connectivity index (χ2n) is 3.95. The summed E-state index contributed by atoms with van der Waals surface area (Å²) < 4.78 is 0. The van der Waals surface area contributed by atoms with E-state index >= 15 is 0 Å². The SMILES string of the molecule is NC1=CC(N)=NC(N)C1(N)Cc1ccsc1. The number of nitrogens with two attached hydrogens (primary N) is 4. The van der Waals surface area contributed by atoms with Gasteiger partial charge in [-0.25, -0.2) is 4.99 Å². The van der Waals surface area contributed by atoms with Crippen LogP contribution in [0.1, 0.15) is 5.56 Å². The van der Waals surface area contributed by atoms with E-state index in [0.29, 0.717) is 18.0 Å². The molecule has 8 N–H and O–H groups in total. The number of amidine groups is 1. The van der Waals surface area contributed by atoms with Gasteiger partial charge in [0.05, 0.1) is 5.54 Å². The highest BCUT2D eigenvalue weighted by Crippen LogP contribution is 2.24. The van der Waals surface area contributed by atoms with Crippen LogP contribution in [0.15, 0.2) is 33.6 Å². The highest BCUT2D eigenvalue weighted by Gasteiger charge is 2.38. The van der Waals surface area contributed by atoms with Crippen LogP contribution >= 0.6 is 11.3 Å². The molecule has 2 rings (SSSR count). The molecule has 1 aromatic rings. The maximum absolute atomic E-state index is 6.22. The predicted octanol–water partition coefficient (Wildman–Crippen LogP) is -0.514. The summed E-state index contributed by atoms with van der Waals surface area (Å²) in [5.41, 5.74) is 24.4. The van der Waals surface area contributed by atoms with Crippen molar-refractivity contribution in [1.29, 1.82) is 0 Å². The third-order valence-corrected chi connectivity index (χ3v) is 3.47. The first-order valence-electron chi connectivity index (χ1n) is 4.89. The number of rotatable bonds is 2. The molecule has 2 unspecified atom stereocenters. The Labute approximate surface area is 97.8 Å². The number of aliphatic imine (C=N–C) groups is 1. The predicted molar refractivity (Wildman–Crippen MR) is 66.8 cm³/mol. The summed E-state index contributed by atoms with van der Waals surface area (Å²) in [6.07, 6.45) is 1.55. The summed E-state index contributed by atoms with van der Waals surface area (Å²) in [7, 11) is 0. The fraction of sp³-hybridized carbons (Fsp3) is 0.300. The summed E-state index contributed by atoms with van der Waals surface area (Å²) >= 11 is 1.61. The van der Waals surface area contributed by atoms with Gasteiger partial charge in [-0.05, 0) is 22.4 Å². The molecule has 0 fully saturated rings. The number of thiophene rings is 1. The summed E-state index contributed by atoms with van der Waals surface area (Å²) in [5.74, 6) is 0.330. The molecule has 1 aliphatic heterocycles. The highest BCUT2D eigenvalue weighted by molar-refractivity contribution is 7.07. The molecule has 2 atom stereocenters. The Morgan fingerprint density at radius 2 is 2.19 bits per heavy atom. The number of dihydropyridines is 1. The van der Waals surface area contributed by atoms with E-state index in [1.807, 2.05) is 16.8 Å². The van der Waals surface area contributed by atoms with E-state index in [4.69, 9.17) is 22.9 Å². The van der Waals surface area contributed by atoms with Gasteiger partial charge in [-0.3, -0.25) is 0 Å². The highest BCUT2D eigenvalue weighted by atomic mass is 32.1. The van der Waals surface area contributed by atoms with E-state index in [2.05, 4.69) is 4.99 Å². The maximum Gasteiger partial charge on any atom is 0.123 e. The Bertz CT molecular complexity index is 436. The standard InChI is InChI=1S/C10H15N5S/c11-7-3-8(12)15-9(13)10(7,14)4-6-1-2-16-5-6/h1-3,5,9H,4,11,13-14H2,(H2,12,15). The summed E-state index contributed by atoms with van der Waals surface area (Å²) in [6, 6.07) is 2.00. The third-order valence-electron chi connectivity index (χ3n) is 2.73. The lowest BCUT2D eigenvalue weighted by molar-refractivity contribution is 0.397. The third kappa shape index (κ3) is 1.82. The van der Waals surface area contributed by atoms with E-state index in [9.17, 15) is 0 Å². The minimum absolute atomic E-state index is 0.330. The van der Waals surface area contributed by atoms with Crippen molar-refractivity contribution in [3.63, 3.8) is 0 Å². The number of hydrogen-bond acceptors (Lipinski definition) is 6. The smallest absolute Gasteiger partial charge is 0.123 e. The monoisotopic (exact) mass is 237 g/mol. The molecular formula is C10H15N5S. The quantitative estimate of drug-likeness (QED) is 0.554. The number of hydrogen-bond donors (Lipinski definition) is 4. The van der Waals surface area contributed by atoms with Crippen molar-refractivity contribution in [2.75, 3.05) is 0 Å². The second kappa shape index (κ2) is 3.89. The van der Waals surface area contributed by atoms with Crippen molar-refractivity contribution < 1.29 is 0 Å². The van der Waals surface area contributed by atoms with Crippen LogP contribution in [0.3, 0.4) is 0 Å². The van der Waals surface area contributed by atoms with Crippen LogP contribution in [0.2, 0.25) is 0 Å². The zero-order valence-corrected chi connectivity index (χ0v) is 9.58. The lowest BCUT2D eigenvalue weighted by Gasteiger charge is -2.35. The Morgan fingerprint density at radius 1 is 1.44 bits per heavy atom. The zero-order chi connectivity index (χ0) is 11.8. The zero-order valence-electron chi connectivity index (χ0n) is 8.76. The van der Waals surface area contributed by atoms with Gasteiger partial charge in [0.15, 0.2) is 0 Å². The molecule has 0 bridgehead atoms. The molecule has 0 amide bonds. The van der Waals surface area contributed by atoms with Gasteiger partial charge in [0.1, 0.15) is 12.0 Å². The van der Waals surface area contributed by atoms with Crippen molar-refractivity contribution in [3.05, 3.63) is 34.2 Å². The van der Waals surface area contributed by atoms with Gasteiger partial charge in [0.2, 0.25) is 0 Å². The molecule has 0 aliphatic carbocycles. The van der Waals surface area contributed by atoms with Crippen molar-refractivity contribution in [2.45, 2.75) is 18.1 Å². The Hall–Kier alpha value is -1.37. The molecule has 1 aromatic heterocycles. The molecule has 2 heterocycles. The second-order valence-corrected chi connectivity index (χ2v) is 4.73. The van der Waals surface area contributed by atoms with Gasteiger partial charge in [0, 0.05) is 18.2 Å². The van der Waals surface area contributed by atoms with Crippen LogP contribution in [0.4, 0.5) is 0 Å². The first-order valence-corrected chi connectivity index (χ1v) is 5.83. The van der Waals surface area contributed by atoms with Gasteiger partial charge < -0.3 is 22.9 Å². The normalized spacial score (nSPS) is 29.8. The van der Waals surface area contributed by atoms with E-state index in [1.165, 1.54) is 0 Å². The minimum atomic E-state index is -0.843. The molecule has 0 saturated carbocycles. The van der Waals surface area contributed by atoms with Crippen molar-refractivity contribution in [3.8, 4) is 0 Å². The first-order chi connectivity index (χ1) is 7.52. The molecule has 1 aliphatic rings. The molecule has 86 valence electrons. The lowest BCUT2D eigenvalue weighted by Crippen LogP contribution is -2.61. The molecule has 0 saturated heterocycles. The topological polar surface area (TPSA) is 116 Å². The molecular weight excluding hydrogens is 222 g/mol. The van der Waals surface area contributed by atoms with Crippen molar-refractivity contribution in [2.24, 2.45) is 27.9 Å². The molecule has 5 nitrogen and oxygen atoms in total. The average Bonchev–Trinajstić information content (AvgIpc) is 2.67. The summed E-state index contributed by atoms with van der Waals surface area (Å²) in [6.45, 7) is 0. The van der Waals surface area contributed by atoms with Gasteiger partial charge in [0.25, 0.3) is 0 Å². The lowest BCUT2D eigenvalue weighted by atomic mass is 9.85. The van der Waals surface area contributed by atoms with Gasteiger partial charge in [-0.2, -0.15) is 11.3 Å². The molecule has 0 radical (unpaired) electrons. The van der Waals surface area contributed by atoms with Gasteiger partial charge in [-0.1, -0.05) is 0 Å². The Morgan fingerprint density at radius 3 is 2.75 bits per heavy atom. The van der Waals surface area contributed by atoms with Crippen molar-refractivity contribution in [1.82, 2.24) is 0 Å². The van der Waals surface area contributed by atoms with Gasteiger partial charge >= 0.3 is 0 Å². The van der Waals surface area contributed by atoms with Crippen LogP contribution in [0, 0.1) is 0 Å². The summed E-state index contributed by atoms with van der Waals surface area (Å²) in [4.78, 5) is 4.06. The van der Waals surface area contributed by atoms with E-state index in [1.54, 1.807) is 17.4 Å². The molecule has 0 aromatic carbocycles. The Balaban J connectivity index is 2.28. The van der Waals surface area contributed by atoms with Crippen LogP contribution < -0.4 is 22.9 Å². The molecule has 16 heavy (non-hydrogen) atoms. The van der Waals surface area contributed by atoms with Crippen LogP contribution in [0.5, 0.6) is 0 Å². The largest absolute Gasteiger partial charge is 0.400 e. The van der Waals surface area contributed by atoms with Gasteiger partial charge in [-0.15, -0.1) is 0 Å². The minimum Gasteiger partial charge on any atom is -0.400 e. The van der Waals surface area contributed by atoms with Crippen LogP contribution in [-0.2, 0) is 6.42 Å². The van der Waals surface area contributed by atoms with E-state index in [-0.39, 0.29) is 0 Å². The molecule has 0 spiro atoms. The van der Waals surface area contributed by atoms with Crippen LogP contribution in [0.25, 0.3) is 0 Å². The average molecular weight is 237 g/mol. The fourth-order valence-corrected chi connectivity index (χ4v) is 2.38.